The number of esters is 1. The molecule has 2 aliphatic rings. The molecule has 2 aromatic rings. The molecule has 1 aromatic carbocycles. The number of anilines is 1. The first-order chi connectivity index (χ1) is 13.5. The second-order valence-electron chi connectivity index (χ2n) is 6.85. The first-order valence-corrected chi connectivity index (χ1v) is 10.6. The highest BCUT2D eigenvalue weighted by Gasteiger charge is 2.51. The van der Waals surface area contributed by atoms with Crippen LogP contribution in [0.5, 0.6) is 0 Å². The first kappa shape index (κ1) is 18.9. The van der Waals surface area contributed by atoms with Crippen LogP contribution in [0.25, 0.3) is 10.2 Å². The van der Waals surface area contributed by atoms with Crippen molar-refractivity contribution in [1.82, 2.24) is 4.98 Å². The van der Waals surface area contributed by atoms with Gasteiger partial charge in [0.25, 0.3) is 0 Å². The monoisotopic (exact) mass is 418 g/mol. The number of benzene rings is 1. The molecule has 4 atom stereocenters. The molecule has 2 bridgehead atoms. The van der Waals surface area contributed by atoms with Gasteiger partial charge in [0.15, 0.2) is 4.34 Å². The Balaban J connectivity index is 1.48. The third kappa shape index (κ3) is 3.51. The van der Waals surface area contributed by atoms with E-state index in [1.807, 2.05) is 18.2 Å². The molecule has 1 fully saturated rings. The summed E-state index contributed by atoms with van der Waals surface area (Å²) < 4.78 is 6.25. The minimum Gasteiger partial charge on any atom is -0.481 e. The average Bonchev–Trinajstić information content (AvgIpc) is 3.38. The molecule has 7 nitrogen and oxygen atoms in total. The van der Waals surface area contributed by atoms with Crippen LogP contribution in [-0.4, -0.2) is 40.8 Å². The van der Waals surface area contributed by atoms with Crippen molar-refractivity contribution in [3.63, 3.8) is 0 Å². The van der Waals surface area contributed by atoms with Crippen molar-refractivity contribution < 1.29 is 24.2 Å². The van der Waals surface area contributed by atoms with E-state index < -0.39 is 17.8 Å². The summed E-state index contributed by atoms with van der Waals surface area (Å²) in [7, 11) is 1.34. The molecular formula is C19H18N2O5S2. The van der Waals surface area contributed by atoms with E-state index in [9.17, 15) is 19.5 Å². The lowest BCUT2D eigenvalue weighted by atomic mass is 9.82. The number of thioether (sulfide) groups is 1. The number of aromatic nitrogens is 1. The Morgan fingerprint density at radius 3 is 2.75 bits per heavy atom. The fraction of sp³-hybridized carbons (Fsp3) is 0.368. The Hall–Kier alpha value is -2.39. The molecule has 146 valence electrons. The fourth-order valence-electron chi connectivity index (χ4n) is 3.96. The van der Waals surface area contributed by atoms with Crippen molar-refractivity contribution in [2.24, 2.45) is 23.7 Å². The molecule has 0 radical (unpaired) electrons. The second-order valence-corrected chi connectivity index (χ2v) is 9.11. The average molecular weight is 418 g/mol. The van der Waals surface area contributed by atoms with Gasteiger partial charge in [0.05, 0.1) is 34.9 Å². The van der Waals surface area contributed by atoms with E-state index in [1.54, 1.807) is 12.1 Å². The summed E-state index contributed by atoms with van der Waals surface area (Å²) in [5, 5.41) is 12.4. The maximum atomic E-state index is 12.8. The van der Waals surface area contributed by atoms with E-state index >= 15 is 0 Å². The number of thiazole rings is 1. The zero-order valence-corrected chi connectivity index (χ0v) is 16.6. The van der Waals surface area contributed by atoms with Crippen LogP contribution in [0, 0.1) is 23.7 Å². The lowest BCUT2D eigenvalue weighted by Gasteiger charge is -2.23. The van der Waals surface area contributed by atoms with Crippen molar-refractivity contribution in [2.45, 2.75) is 10.8 Å². The lowest BCUT2D eigenvalue weighted by molar-refractivity contribution is -0.146. The number of rotatable bonds is 6. The van der Waals surface area contributed by atoms with Gasteiger partial charge in [-0.2, -0.15) is 0 Å². The van der Waals surface area contributed by atoms with Crippen molar-refractivity contribution >= 4 is 56.8 Å². The second kappa shape index (κ2) is 7.56. The third-order valence-electron chi connectivity index (χ3n) is 5.22. The number of hydrogen-bond donors (Lipinski definition) is 2. The Morgan fingerprint density at radius 1 is 1.29 bits per heavy atom. The Labute approximate surface area is 169 Å². The molecule has 9 heteroatoms. The summed E-state index contributed by atoms with van der Waals surface area (Å²) >= 11 is 2.73. The molecule has 1 amide bonds. The number of ether oxygens (including phenoxy) is 1. The number of carbonyl (C=O) groups excluding carboxylic acids is 2. The number of carboxylic acids is 1. The molecule has 1 saturated carbocycles. The first-order valence-electron chi connectivity index (χ1n) is 8.78. The molecule has 0 unspecified atom stereocenters. The predicted molar refractivity (Wildman–Crippen MR) is 106 cm³/mol. The van der Waals surface area contributed by atoms with E-state index in [2.05, 4.69) is 15.0 Å². The van der Waals surface area contributed by atoms with Gasteiger partial charge in [0.1, 0.15) is 0 Å². The summed E-state index contributed by atoms with van der Waals surface area (Å²) in [5.41, 5.74) is 1.39. The van der Waals surface area contributed by atoms with Crippen molar-refractivity contribution in [3.05, 3.63) is 30.4 Å². The Morgan fingerprint density at radius 2 is 2.04 bits per heavy atom. The van der Waals surface area contributed by atoms with Crippen molar-refractivity contribution in [1.29, 1.82) is 0 Å². The number of fused-ring (bicyclic) bond motifs is 3. The maximum Gasteiger partial charge on any atom is 0.316 e. The minimum absolute atomic E-state index is 0.0143. The summed E-state index contributed by atoms with van der Waals surface area (Å²) in [5.74, 6) is -2.58. The highest BCUT2D eigenvalue weighted by molar-refractivity contribution is 8.01. The number of methoxy groups -OCH3 is 1. The number of carboxylic acid groups (broad SMARTS) is 1. The van der Waals surface area contributed by atoms with Crippen LogP contribution in [0.1, 0.15) is 6.42 Å². The number of carbonyl (C=O) groups is 3. The van der Waals surface area contributed by atoms with E-state index in [1.165, 1.54) is 30.2 Å². The number of hydrogen-bond acceptors (Lipinski definition) is 7. The number of amides is 1. The molecule has 2 aliphatic carbocycles. The van der Waals surface area contributed by atoms with Crippen molar-refractivity contribution in [3.8, 4) is 0 Å². The van der Waals surface area contributed by atoms with Crippen LogP contribution in [0.3, 0.4) is 0 Å². The molecule has 4 rings (SSSR count). The van der Waals surface area contributed by atoms with Gasteiger partial charge >= 0.3 is 11.9 Å². The van der Waals surface area contributed by atoms with Crippen LogP contribution in [0.15, 0.2) is 34.7 Å². The molecule has 0 spiro atoms. The van der Waals surface area contributed by atoms with Gasteiger partial charge in [0.2, 0.25) is 5.91 Å². The summed E-state index contributed by atoms with van der Waals surface area (Å²) in [6, 6.07) is 5.39. The van der Waals surface area contributed by atoms with Crippen LogP contribution in [-0.2, 0) is 19.1 Å². The zero-order chi connectivity index (χ0) is 19.8. The smallest absolute Gasteiger partial charge is 0.316 e. The number of nitrogens with one attached hydrogen (secondary N) is 1. The SMILES string of the molecule is COC(=O)CSc1nc2ccc(NC(=O)[C@H]3[C@@H](C(=O)O)[C@H]4C=C[C@H]3C4)cc2s1. The largest absolute Gasteiger partial charge is 0.481 e. The van der Waals surface area contributed by atoms with E-state index in [-0.39, 0.29) is 29.5 Å². The lowest BCUT2D eigenvalue weighted by Crippen LogP contribution is -2.36. The molecule has 1 aromatic heterocycles. The summed E-state index contributed by atoms with van der Waals surface area (Å²) in [6.07, 6.45) is 4.61. The van der Waals surface area contributed by atoms with Gasteiger partial charge in [0, 0.05) is 5.69 Å². The standard InChI is InChI=1S/C19H18N2O5S2/c1-26-14(22)8-27-19-21-12-5-4-11(7-13(12)28-19)20-17(23)15-9-2-3-10(6-9)16(15)18(24)25/h2-5,7,9-10,15-16H,6,8H2,1H3,(H,20,23)(H,24,25)/t9-,10-,15+,16-/m0/s1. The summed E-state index contributed by atoms with van der Waals surface area (Å²) in [6.45, 7) is 0. The normalized spacial score (nSPS) is 25.2. The summed E-state index contributed by atoms with van der Waals surface area (Å²) in [4.78, 5) is 40.1. The van der Waals surface area contributed by atoms with Crippen LogP contribution in [0.2, 0.25) is 0 Å². The van der Waals surface area contributed by atoms with Gasteiger partial charge in [-0.1, -0.05) is 23.9 Å². The van der Waals surface area contributed by atoms with Crippen LogP contribution >= 0.6 is 23.1 Å². The highest BCUT2D eigenvalue weighted by atomic mass is 32.2. The van der Waals surface area contributed by atoms with E-state index in [0.717, 1.165) is 21.0 Å². The fourth-order valence-corrected chi connectivity index (χ4v) is 5.90. The van der Waals surface area contributed by atoms with Crippen molar-refractivity contribution in [2.75, 3.05) is 18.2 Å². The van der Waals surface area contributed by atoms with E-state index in [4.69, 9.17) is 0 Å². The quantitative estimate of drug-likeness (QED) is 0.422. The van der Waals surface area contributed by atoms with Crippen LogP contribution in [0.4, 0.5) is 5.69 Å². The predicted octanol–water partition coefficient (Wildman–Crippen LogP) is 3.02. The van der Waals surface area contributed by atoms with Gasteiger partial charge in [-0.15, -0.1) is 11.3 Å². The molecule has 2 N–H and O–H groups in total. The Bertz CT molecular complexity index is 986. The number of aliphatic carboxylic acids is 1. The molecule has 28 heavy (non-hydrogen) atoms. The molecule has 0 saturated heterocycles. The number of nitrogens with zero attached hydrogens (tertiary/aromatic N) is 1. The van der Waals surface area contributed by atoms with Gasteiger partial charge < -0.3 is 15.2 Å². The minimum atomic E-state index is -0.915. The highest BCUT2D eigenvalue weighted by Crippen LogP contribution is 2.48. The van der Waals surface area contributed by atoms with Gasteiger partial charge in [-0.25, -0.2) is 4.98 Å². The van der Waals surface area contributed by atoms with Gasteiger partial charge in [-0.3, -0.25) is 14.4 Å². The third-order valence-corrected chi connectivity index (χ3v) is 7.36. The Kier molecular flexibility index (Phi) is 5.11. The zero-order valence-electron chi connectivity index (χ0n) is 15.0. The van der Waals surface area contributed by atoms with Gasteiger partial charge in [-0.05, 0) is 36.5 Å². The van der Waals surface area contributed by atoms with E-state index in [0.29, 0.717) is 5.69 Å². The number of allylic oxidation sites excluding steroid dienone is 2. The maximum absolute atomic E-state index is 12.8. The molecule has 1 heterocycles. The van der Waals surface area contributed by atoms with Crippen LogP contribution < -0.4 is 5.32 Å². The molecular weight excluding hydrogens is 400 g/mol. The topological polar surface area (TPSA) is 106 Å². The molecule has 0 aliphatic heterocycles.